The molecule has 16 heavy (non-hydrogen) atoms. The number of hydrogen-bond donors (Lipinski definition) is 2. The van der Waals surface area contributed by atoms with E-state index in [0.717, 1.165) is 5.56 Å². The maximum atomic E-state index is 10.6. The Morgan fingerprint density at radius 2 is 2.00 bits per heavy atom. The van der Waals surface area contributed by atoms with Gasteiger partial charge in [-0.1, -0.05) is 30.3 Å². The molecule has 0 fully saturated rings. The van der Waals surface area contributed by atoms with Crippen LogP contribution in [0.4, 0.5) is 4.79 Å². The van der Waals surface area contributed by atoms with E-state index >= 15 is 0 Å². The van der Waals surface area contributed by atoms with Gasteiger partial charge in [-0.15, -0.1) is 0 Å². The van der Waals surface area contributed by atoms with Crippen LogP contribution in [0.2, 0.25) is 0 Å². The number of carbonyl (C=O) groups excluding carboxylic acids is 1. The van der Waals surface area contributed by atoms with Crippen LogP contribution in [0.25, 0.3) is 0 Å². The first-order valence-corrected chi connectivity index (χ1v) is 4.77. The largest absolute Gasteiger partial charge is 0.443 e. The molecule has 0 heterocycles. The smallest absolute Gasteiger partial charge is 0.404 e. The molecule has 5 N–H and O–H groups in total. The summed E-state index contributed by atoms with van der Waals surface area (Å²) in [6.45, 7) is 1.57. The van der Waals surface area contributed by atoms with Crippen LogP contribution in [-0.2, 0) is 11.2 Å². The number of primary amides is 1. The molecule has 0 bridgehead atoms. The highest BCUT2D eigenvalue weighted by atomic mass is 16.6. The zero-order valence-corrected chi connectivity index (χ0v) is 9.09. The molecular formula is C11H17NO4. The third-order valence-corrected chi connectivity index (χ3v) is 2.09. The second-order valence-electron chi connectivity index (χ2n) is 3.41. The van der Waals surface area contributed by atoms with Gasteiger partial charge in [0.05, 0.1) is 6.10 Å². The fourth-order valence-corrected chi connectivity index (χ4v) is 1.31. The molecule has 90 valence electrons. The van der Waals surface area contributed by atoms with E-state index in [-0.39, 0.29) is 5.48 Å². The van der Waals surface area contributed by atoms with Crippen molar-refractivity contribution in [2.45, 2.75) is 25.6 Å². The Bertz CT molecular complexity index is 313. The van der Waals surface area contributed by atoms with Crippen molar-refractivity contribution in [2.24, 2.45) is 5.73 Å². The highest BCUT2D eigenvalue weighted by Crippen LogP contribution is 2.09. The minimum Gasteiger partial charge on any atom is -0.443 e. The predicted octanol–water partition coefficient (Wildman–Crippen LogP) is 0.249. The van der Waals surface area contributed by atoms with Crippen LogP contribution in [0.5, 0.6) is 0 Å². The molecule has 0 spiro atoms. The quantitative estimate of drug-likeness (QED) is 0.770. The molecule has 0 saturated heterocycles. The Morgan fingerprint density at radius 3 is 2.44 bits per heavy atom. The van der Waals surface area contributed by atoms with Gasteiger partial charge in [0.2, 0.25) is 0 Å². The Morgan fingerprint density at radius 1 is 1.44 bits per heavy atom. The number of ether oxygens (including phenoxy) is 1. The number of hydrogen-bond acceptors (Lipinski definition) is 3. The van der Waals surface area contributed by atoms with E-state index in [1.165, 1.54) is 0 Å². The summed E-state index contributed by atoms with van der Waals surface area (Å²) >= 11 is 0. The van der Waals surface area contributed by atoms with Gasteiger partial charge in [-0.2, -0.15) is 0 Å². The summed E-state index contributed by atoms with van der Waals surface area (Å²) in [4.78, 5) is 10.6. The zero-order valence-electron chi connectivity index (χ0n) is 9.09. The van der Waals surface area contributed by atoms with Crippen molar-refractivity contribution < 1.29 is 20.1 Å². The summed E-state index contributed by atoms with van der Waals surface area (Å²) < 4.78 is 4.80. The summed E-state index contributed by atoms with van der Waals surface area (Å²) in [6, 6.07) is 9.48. The lowest BCUT2D eigenvalue weighted by Gasteiger charge is -2.19. The average Bonchev–Trinajstić information content (AvgIpc) is 2.17. The summed E-state index contributed by atoms with van der Waals surface area (Å²) in [7, 11) is 0. The fraction of sp³-hybridized carbons (Fsp3) is 0.364. The molecule has 1 amide bonds. The van der Waals surface area contributed by atoms with Gasteiger partial charge in [-0.3, -0.25) is 0 Å². The van der Waals surface area contributed by atoms with Crippen LogP contribution in [0.15, 0.2) is 30.3 Å². The molecule has 5 heteroatoms. The van der Waals surface area contributed by atoms with Crippen LogP contribution in [0.3, 0.4) is 0 Å². The summed E-state index contributed by atoms with van der Waals surface area (Å²) in [5.74, 6) is 0. The molecule has 0 radical (unpaired) electrons. The van der Waals surface area contributed by atoms with Gasteiger partial charge in [0.25, 0.3) is 0 Å². The zero-order chi connectivity index (χ0) is 11.3. The standard InChI is InChI=1S/C11H15NO3.H2O/c1-8(13)10(15-11(12)14)7-9-5-3-2-4-6-9;/h2-6,8,10,13H,7H2,1H3,(H2,12,14);1H2. The first-order valence-electron chi connectivity index (χ1n) is 4.77. The van der Waals surface area contributed by atoms with Crippen molar-refractivity contribution in [3.8, 4) is 0 Å². The van der Waals surface area contributed by atoms with Crippen LogP contribution >= 0.6 is 0 Å². The lowest BCUT2D eigenvalue weighted by molar-refractivity contribution is 0.0164. The maximum Gasteiger partial charge on any atom is 0.404 e. The van der Waals surface area contributed by atoms with E-state index < -0.39 is 18.3 Å². The molecular weight excluding hydrogens is 210 g/mol. The minimum atomic E-state index is -0.864. The minimum absolute atomic E-state index is 0. The Labute approximate surface area is 94.1 Å². The fourth-order valence-electron chi connectivity index (χ4n) is 1.31. The van der Waals surface area contributed by atoms with E-state index in [2.05, 4.69) is 0 Å². The van der Waals surface area contributed by atoms with Crippen molar-refractivity contribution in [3.63, 3.8) is 0 Å². The van der Waals surface area contributed by atoms with Crippen LogP contribution in [0.1, 0.15) is 12.5 Å². The maximum absolute atomic E-state index is 10.6. The first kappa shape index (κ1) is 14.4. The normalized spacial score (nSPS) is 13.4. The number of benzene rings is 1. The van der Waals surface area contributed by atoms with Gasteiger partial charge in [0, 0.05) is 6.42 Å². The van der Waals surface area contributed by atoms with E-state index in [1.54, 1.807) is 6.92 Å². The number of amides is 1. The molecule has 0 aliphatic heterocycles. The average molecular weight is 227 g/mol. The number of carbonyl (C=O) groups is 1. The van der Waals surface area contributed by atoms with Gasteiger partial charge in [0.15, 0.2) is 0 Å². The molecule has 0 saturated carbocycles. The van der Waals surface area contributed by atoms with Crippen molar-refractivity contribution in [1.29, 1.82) is 0 Å². The third kappa shape index (κ3) is 4.77. The predicted molar refractivity (Wildman–Crippen MR) is 59.9 cm³/mol. The Kier molecular flexibility index (Phi) is 6.14. The lowest BCUT2D eigenvalue weighted by atomic mass is 10.0. The molecule has 1 aromatic carbocycles. The van der Waals surface area contributed by atoms with Crippen LogP contribution in [-0.4, -0.2) is 28.9 Å². The second kappa shape index (κ2) is 6.81. The van der Waals surface area contributed by atoms with Crippen molar-refractivity contribution in [2.75, 3.05) is 0 Å². The summed E-state index contributed by atoms with van der Waals surface area (Å²) in [5.41, 5.74) is 5.90. The van der Waals surface area contributed by atoms with Gasteiger partial charge in [-0.05, 0) is 12.5 Å². The van der Waals surface area contributed by atoms with Crippen molar-refractivity contribution >= 4 is 6.09 Å². The van der Waals surface area contributed by atoms with Gasteiger partial charge in [-0.25, -0.2) is 4.79 Å². The molecule has 1 rings (SSSR count). The second-order valence-corrected chi connectivity index (χ2v) is 3.41. The third-order valence-electron chi connectivity index (χ3n) is 2.09. The number of aliphatic hydroxyl groups excluding tert-OH is 1. The van der Waals surface area contributed by atoms with E-state index in [0.29, 0.717) is 6.42 Å². The number of rotatable bonds is 4. The van der Waals surface area contributed by atoms with Crippen LogP contribution < -0.4 is 5.73 Å². The van der Waals surface area contributed by atoms with Crippen molar-refractivity contribution in [3.05, 3.63) is 35.9 Å². The topological polar surface area (TPSA) is 104 Å². The molecule has 1 aromatic rings. The number of aliphatic hydroxyl groups is 1. The Hall–Kier alpha value is -1.59. The summed E-state index contributed by atoms with van der Waals surface area (Å²) in [6.07, 6.45) is -1.74. The summed E-state index contributed by atoms with van der Waals surface area (Å²) in [5, 5.41) is 9.39. The monoisotopic (exact) mass is 227 g/mol. The molecule has 5 nitrogen and oxygen atoms in total. The first-order chi connectivity index (χ1) is 7.09. The van der Waals surface area contributed by atoms with Gasteiger partial charge < -0.3 is 21.1 Å². The van der Waals surface area contributed by atoms with E-state index in [4.69, 9.17) is 10.5 Å². The molecule has 0 aromatic heterocycles. The van der Waals surface area contributed by atoms with Gasteiger partial charge in [0.1, 0.15) is 6.10 Å². The molecule has 0 aliphatic carbocycles. The molecule has 2 atom stereocenters. The highest BCUT2D eigenvalue weighted by molar-refractivity contribution is 5.64. The van der Waals surface area contributed by atoms with E-state index in [1.807, 2.05) is 30.3 Å². The van der Waals surface area contributed by atoms with Crippen molar-refractivity contribution in [1.82, 2.24) is 0 Å². The number of nitrogens with two attached hydrogens (primary N) is 1. The van der Waals surface area contributed by atoms with Crippen LogP contribution in [0, 0.1) is 0 Å². The molecule has 0 aliphatic rings. The van der Waals surface area contributed by atoms with Gasteiger partial charge >= 0.3 is 6.09 Å². The Balaban J connectivity index is 0.00000225. The SMILES string of the molecule is CC(O)C(Cc1ccccc1)OC(N)=O.O. The molecule has 2 unspecified atom stereocenters. The lowest BCUT2D eigenvalue weighted by Crippen LogP contribution is -2.33. The van der Waals surface area contributed by atoms with E-state index in [9.17, 15) is 9.90 Å². The highest BCUT2D eigenvalue weighted by Gasteiger charge is 2.18.